The van der Waals surface area contributed by atoms with Gasteiger partial charge in [-0.15, -0.1) is 5.06 Å². The number of thioether (sulfide) groups is 1. The molecule has 3 amide bonds. The van der Waals surface area contributed by atoms with Gasteiger partial charge in [-0.2, -0.15) is 0 Å². The molecule has 1 aromatic carbocycles. The van der Waals surface area contributed by atoms with Crippen molar-refractivity contribution in [2.45, 2.75) is 31.4 Å². The summed E-state index contributed by atoms with van der Waals surface area (Å²) in [6, 6.07) is 9.51. The van der Waals surface area contributed by atoms with Crippen molar-refractivity contribution < 1.29 is 28.8 Å². The van der Waals surface area contributed by atoms with Crippen LogP contribution >= 0.6 is 11.8 Å². The summed E-state index contributed by atoms with van der Waals surface area (Å²) in [5.74, 6) is -1.92. The van der Waals surface area contributed by atoms with Crippen molar-refractivity contribution in [2.24, 2.45) is 0 Å². The second kappa shape index (κ2) is 9.86. The third-order valence-electron chi connectivity index (χ3n) is 3.78. The zero-order valence-electron chi connectivity index (χ0n) is 14.9. The van der Waals surface area contributed by atoms with Crippen molar-refractivity contribution >= 4 is 40.6 Å². The highest BCUT2D eigenvalue weighted by Gasteiger charge is 2.33. The molecule has 0 saturated carbocycles. The molecule has 144 valence electrons. The molecule has 0 atom stereocenters. The van der Waals surface area contributed by atoms with Crippen molar-refractivity contribution in [1.82, 2.24) is 9.96 Å². The van der Waals surface area contributed by atoms with Crippen LogP contribution < -0.4 is 0 Å². The van der Waals surface area contributed by atoms with E-state index in [9.17, 15) is 24.0 Å². The zero-order chi connectivity index (χ0) is 19.8. The quantitative estimate of drug-likeness (QED) is 0.615. The predicted octanol–water partition coefficient (Wildman–Crippen LogP) is 1.29. The molecular weight excluding hydrogens is 372 g/mol. The fraction of sp³-hybridized carbons (Fsp3) is 0.389. The van der Waals surface area contributed by atoms with Crippen LogP contribution in [0.1, 0.15) is 31.2 Å². The first-order valence-electron chi connectivity index (χ1n) is 8.37. The fourth-order valence-electron chi connectivity index (χ4n) is 2.28. The first-order valence-corrected chi connectivity index (χ1v) is 9.35. The van der Waals surface area contributed by atoms with Crippen LogP contribution in [0.4, 0.5) is 0 Å². The van der Waals surface area contributed by atoms with E-state index in [1.54, 1.807) is 0 Å². The molecule has 0 bridgehead atoms. The third-order valence-corrected chi connectivity index (χ3v) is 4.78. The van der Waals surface area contributed by atoms with Crippen LogP contribution in [-0.4, -0.2) is 52.4 Å². The summed E-state index contributed by atoms with van der Waals surface area (Å²) in [7, 11) is 1.39. The number of nitrogens with zero attached hydrogens (tertiary/aromatic N) is 2. The van der Waals surface area contributed by atoms with Crippen LogP contribution in [0, 0.1) is 0 Å². The van der Waals surface area contributed by atoms with E-state index in [1.807, 2.05) is 30.3 Å². The molecule has 2 rings (SSSR count). The van der Waals surface area contributed by atoms with Gasteiger partial charge in [-0.25, -0.2) is 4.79 Å². The summed E-state index contributed by atoms with van der Waals surface area (Å²) in [5.41, 5.74) is 1.02. The SMILES string of the molecule is CN(CC(=O)ON1C(=O)CCC1=O)C(=O)CCC(=O)SCc1ccccc1. The monoisotopic (exact) mass is 392 g/mol. The largest absolute Gasteiger partial charge is 0.352 e. The summed E-state index contributed by atoms with van der Waals surface area (Å²) in [5, 5.41) is 0.321. The number of imide groups is 1. The molecule has 1 aliphatic heterocycles. The minimum absolute atomic E-state index is 0.00361. The van der Waals surface area contributed by atoms with Crippen molar-refractivity contribution in [3.63, 3.8) is 0 Å². The smallest absolute Gasteiger partial charge is 0.335 e. The number of hydrogen-bond acceptors (Lipinski definition) is 7. The molecular formula is C18H20N2O6S. The molecule has 0 radical (unpaired) electrons. The molecule has 1 fully saturated rings. The van der Waals surface area contributed by atoms with E-state index in [1.165, 1.54) is 7.05 Å². The van der Waals surface area contributed by atoms with E-state index in [-0.39, 0.29) is 30.8 Å². The van der Waals surface area contributed by atoms with Gasteiger partial charge in [0.15, 0.2) is 5.12 Å². The van der Waals surface area contributed by atoms with Gasteiger partial charge in [0.05, 0.1) is 0 Å². The number of rotatable bonds is 8. The first-order chi connectivity index (χ1) is 12.9. The molecule has 0 N–H and O–H groups in total. The molecule has 1 aliphatic rings. The summed E-state index contributed by atoms with van der Waals surface area (Å²) in [4.78, 5) is 64.3. The van der Waals surface area contributed by atoms with Gasteiger partial charge in [0, 0.05) is 38.5 Å². The van der Waals surface area contributed by atoms with Crippen LogP contribution in [0.15, 0.2) is 30.3 Å². The first kappa shape index (κ1) is 20.6. The van der Waals surface area contributed by atoms with Crippen molar-refractivity contribution in [3.05, 3.63) is 35.9 Å². The van der Waals surface area contributed by atoms with Gasteiger partial charge in [0.1, 0.15) is 6.54 Å². The Balaban J connectivity index is 1.68. The third kappa shape index (κ3) is 6.52. The topological polar surface area (TPSA) is 101 Å². The number of carbonyl (C=O) groups is 5. The lowest BCUT2D eigenvalue weighted by Crippen LogP contribution is -2.38. The molecule has 8 nitrogen and oxygen atoms in total. The fourth-order valence-corrected chi connectivity index (χ4v) is 3.05. The van der Waals surface area contributed by atoms with Crippen molar-refractivity contribution in [1.29, 1.82) is 0 Å². The lowest BCUT2D eigenvalue weighted by Gasteiger charge is -2.18. The Bertz CT molecular complexity index is 721. The van der Waals surface area contributed by atoms with Crippen molar-refractivity contribution in [3.8, 4) is 0 Å². The summed E-state index contributed by atoms with van der Waals surface area (Å²) in [6.07, 6.45) is 0.0259. The molecule has 0 unspecified atom stereocenters. The Hall–Kier alpha value is -2.68. The van der Waals surface area contributed by atoms with Crippen LogP contribution in [0.5, 0.6) is 0 Å². The van der Waals surface area contributed by atoms with Crippen LogP contribution in [0.3, 0.4) is 0 Å². The maximum atomic E-state index is 12.0. The lowest BCUT2D eigenvalue weighted by atomic mass is 10.2. The number of hydroxylamine groups is 2. The second-order valence-electron chi connectivity index (χ2n) is 5.94. The zero-order valence-corrected chi connectivity index (χ0v) is 15.7. The van der Waals surface area contributed by atoms with E-state index in [0.29, 0.717) is 10.8 Å². The normalized spacial score (nSPS) is 13.6. The molecule has 0 spiro atoms. The van der Waals surface area contributed by atoms with E-state index in [4.69, 9.17) is 4.84 Å². The van der Waals surface area contributed by atoms with E-state index >= 15 is 0 Å². The molecule has 27 heavy (non-hydrogen) atoms. The van der Waals surface area contributed by atoms with E-state index < -0.39 is 30.2 Å². The highest BCUT2D eigenvalue weighted by atomic mass is 32.2. The Morgan fingerprint density at radius 3 is 2.33 bits per heavy atom. The van der Waals surface area contributed by atoms with Gasteiger partial charge in [0.25, 0.3) is 11.8 Å². The van der Waals surface area contributed by atoms with Crippen LogP contribution in [-0.2, 0) is 34.6 Å². The predicted molar refractivity (Wildman–Crippen MR) is 96.8 cm³/mol. The second-order valence-corrected chi connectivity index (χ2v) is 6.97. The molecule has 9 heteroatoms. The summed E-state index contributed by atoms with van der Waals surface area (Å²) < 4.78 is 0. The maximum Gasteiger partial charge on any atom is 0.352 e. The van der Waals surface area contributed by atoms with Gasteiger partial charge in [-0.1, -0.05) is 42.1 Å². The highest BCUT2D eigenvalue weighted by molar-refractivity contribution is 8.12. The minimum atomic E-state index is -0.890. The Morgan fingerprint density at radius 1 is 1.07 bits per heavy atom. The number of likely N-dealkylation sites (N-methyl/N-ethyl adjacent to an activating group) is 1. The number of hydrogen-bond donors (Lipinski definition) is 0. The van der Waals surface area contributed by atoms with Gasteiger partial charge in [-0.05, 0) is 5.56 Å². The average Bonchev–Trinajstić information content (AvgIpc) is 2.97. The standard InChI is InChI=1S/C18H20N2O6S/c1-19(11-17(24)26-20-15(22)7-8-16(20)23)14(21)9-10-18(25)27-12-13-5-3-2-4-6-13/h2-6H,7-12H2,1H3. The number of amides is 3. The van der Waals surface area contributed by atoms with Gasteiger partial charge in [0.2, 0.25) is 5.91 Å². The number of benzene rings is 1. The summed E-state index contributed by atoms with van der Waals surface area (Å²) in [6.45, 7) is -0.415. The molecule has 1 heterocycles. The molecule has 0 aliphatic carbocycles. The lowest BCUT2D eigenvalue weighted by molar-refractivity contribution is -0.198. The van der Waals surface area contributed by atoms with E-state index in [2.05, 4.69) is 0 Å². The van der Waals surface area contributed by atoms with Crippen LogP contribution in [0.2, 0.25) is 0 Å². The van der Waals surface area contributed by atoms with Gasteiger partial charge >= 0.3 is 5.97 Å². The average molecular weight is 392 g/mol. The maximum absolute atomic E-state index is 12.0. The van der Waals surface area contributed by atoms with Crippen molar-refractivity contribution in [2.75, 3.05) is 13.6 Å². The summed E-state index contributed by atoms with van der Waals surface area (Å²) >= 11 is 1.14. The van der Waals surface area contributed by atoms with Gasteiger partial charge < -0.3 is 9.74 Å². The Morgan fingerprint density at radius 2 is 1.70 bits per heavy atom. The van der Waals surface area contributed by atoms with E-state index in [0.717, 1.165) is 22.2 Å². The Kier molecular flexibility index (Phi) is 7.54. The molecule has 1 saturated heterocycles. The highest BCUT2D eigenvalue weighted by Crippen LogP contribution is 2.16. The number of carbonyl (C=O) groups excluding carboxylic acids is 5. The molecule has 1 aromatic rings. The molecule has 0 aromatic heterocycles. The van der Waals surface area contributed by atoms with Gasteiger partial charge in [-0.3, -0.25) is 19.2 Å². The van der Waals surface area contributed by atoms with Crippen LogP contribution in [0.25, 0.3) is 0 Å². The minimum Gasteiger partial charge on any atom is -0.335 e. The Labute approximate surface area is 160 Å².